The van der Waals surface area contributed by atoms with Crippen LogP contribution in [0.25, 0.3) is 0 Å². The third-order valence-electron chi connectivity index (χ3n) is 3.21. The largest absolute Gasteiger partial charge is 0.309 e. The number of hydrogen-bond donors (Lipinski definition) is 1. The first-order chi connectivity index (χ1) is 7.66. The SMILES string of the molecule is Cc1ccc(C)c(C2CSCC(C)CN2)c1. The molecule has 1 aliphatic heterocycles. The fourth-order valence-corrected chi connectivity index (χ4v) is 3.37. The molecule has 88 valence electrons. The average Bonchev–Trinajstić information content (AvgIpc) is 2.47. The Hall–Kier alpha value is -0.470. The van der Waals surface area contributed by atoms with Crippen molar-refractivity contribution < 1.29 is 0 Å². The molecule has 2 atom stereocenters. The van der Waals surface area contributed by atoms with Crippen molar-refractivity contribution in [2.75, 3.05) is 18.1 Å². The van der Waals surface area contributed by atoms with Gasteiger partial charge in [0.05, 0.1) is 0 Å². The maximum absolute atomic E-state index is 3.69. The number of rotatable bonds is 1. The number of thioether (sulfide) groups is 1. The van der Waals surface area contributed by atoms with E-state index in [0.717, 1.165) is 12.5 Å². The number of nitrogens with one attached hydrogen (secondary N) is 1. The predicted octanol–water partition coefficient (Wildman–Crippen LogP) is 3.32. The summed E-state index contributed by atoms with van der Waals surface area (Å²) in [5.74, 6) is 3.28. The van der Waals surface area contributed by atoms with Crippen LogP contribution in [0.1, 0.15) is 29.7 Å². The van der Waals surface area contributed by atoms with Crippen molar-refractivity contribution in [3.63, 3.8) is 0 Å². The normalized spacial score (nSPS) is 26.4. The molecular weight excluding hydrogens is 214 g/mol. The number of hydrogen-bond acceptors (Lipinski definition) is 2. The molecule has 0 spiro atoms. The molecule has 0 saturated carbocycles. The summed E-state index contributed by atoms with van der Waals surface area (Å²) in [5, 5.41) is 3.69. The molecule has 2 heteroatoms. The van der Waals surface area contributed by atoms with Gasteiger partial charge in [-0.25, -0.2) is 0 Å². The van der Waals surface area contributed by atoms with E-state index in [4.69, 9.17) is 0 Å². The molecule has 1 aliphatic rings. The van der Waals surface area contributed by atoms with Gasteiger partial charge in [-0.1, -0.05) is 30.7 Å². The lowest BCUT2D eigenvalue weighted by Gasteiger charge is -2.19. The van der Waals surface area contributed by atoms with E-state index >= 15 is 0 Å². The lowest BCUT2D eigenvalue weighted by atomic mass is 9.99. The Bertz CT molecular complexity index is 362. The molecular formula is C14H21NS. The molecule has 1 saturated heterocycles. The lowest BCUT2D eigenvalue weighted by molar-refractivity contribution is 0.516. The Morgan fingerprint density at radius 1 is 1.25 bits per heavy atom. The smallest absolute Gasteiger partial charge is 0.0414 e. The summed E-state index contributed by atoms with van der Waals surface area (Å²) in [6.07, 6.45) is 0. The van der Waals surface area contributed by atoms with Crippen LogP contribution in [0.4, 0.5) is 0 Å². The second kappa shape index (κ2) is 5.24. The van der Waals surface area contributed by atoms with Crippen LogP contribution in [0.3, 0.4) is 0 Å². The van der Waals surface area contributed by atoms with Crippen LogP contribution in [0.5, 0.6) is 0 Å². The molecule has 0 aliphatic carbocycles. The zero-order valence-electron chi connectivity index (χ0n) is 10.4. The summed E-state index contributed by atoms with van der Waals surface area (Å²) >= 11 is 2.08. The summed E-state index contributed by atoms with van der Waals surface area (Å²) in [7, 11) is 0. The van der Waals surface area contributed by atoms with Crippen molar-refractivity contribution in [3.05, 3.63) is 34.9 Å². The Kier molecular flexibility index (Phi) is 3.93. The van der Waals surface area contributed by atoms with Crippen LogP contribution in [0.15, 0.2) is 18.2 Å². The van der Waals surface area contributed by atoms with E-state index in [9.17, 15) is 0 Å². The van der Waals surface area contributed by atoms with Crippen molar-refractivity contribution in [1.82, 2.24) is 5.32 Å². The second-order valence-corrected chi connectivity index (χ2v) is 6.04. The first-order valence-electron chi connectivity index (χ1n) is 6.05. The highest BCUT2D eigenvalue weighted by Crippen LogP contribution is 2.26. The molecule has 0 radical (unpaired) electrons. The first-order valence-corrected chi connectivity index (χ1v) is 7.20. The third kappa shape index (κ3) is 2.80. The van der Waals surface area contributed by atoms with E-state index in [2.05, 4.69) is 56.0 Å². The molecule has 1 fully saturated rings. The van der Waals surface area contributed by atoms with Gasteiger partial charge in [0.2, 0.25) is 0 Å². The first kappa shape index (κ1) is 12.0. The zero-order chi connectivity index (χ0) is 11.5. The molecule has 1 N–H and O–H groups in total. The van der Waals surface area contributed by atoms with E-state index in [1.807, 2.05) is 0 Å². The summed E-state index contributed by atoms with van der Waals surface area (Å²) in [5.41, 5.74) is 4.27. The van der Waals surface area contributed by atoms with Gasteiger partial charge in [-0.2, -0.15) is 11.8 Å². The molecule has 1 aromatic carbocycles. The molecule has 16 heavy (non-hydrogen) atoms. The van der Waals surface area contributed by atoms with E-state index in [1.54, 1.807) is 0 Å². The number of benzene rings is 1. The van der Waals surface area contributed by atoms with Gasteiger partial charge in [-0.05, 0) is 43.2 Å². The highest BCUT2D eigenvalue weighted by molar-refractivity contribution is 7.99. The highest BCUT2D eigenvalue weighted by atomic mass is 32.2. The van der Waals surface area contributed by atoms with Crippen LogP contribution in [0, 0.1) is 19.8 Å². The molecule has 0 bridgehead atoms. The molecule has 0 aromatic heterocycles. The van der Waals surface area contributed by atoms with Crippen molar-refractivity contribution in [3.8, 4) is 0 Å². The van der Waals surface area contributed by atoms with Crippen LogP contribution in [0.2, 0.25) is 0 Å². The van der Waals surface area contributed by atoms with Crippen molar-refractivity contribution >= 4 is 11.8 Å². The quantitative estimate of drug-likeness (QED) is 0.801. The van der Waals surface area contributed by atoms with Gasteiger partial charge in [-0.3, -0.25) is 0 Å². The fraction of sp³-hybridized carbons (Fsp3) is 0.571. The maximum Gasteiger partial charge on any atom is 0.0414 e. The maximum atomic E-state index is 3.69. The Morgan fingerprint density at radius 3 is 2.88 bits per heavy atom. The highest BCUT2D eigenvalue weighted by Gasteiger charge is 2.18. The summed E-state index contributed by atoms with van der Waals surface area (Å²) in [6.45, 7) is 7.86. The Labute approximate surface area is 103 Å². The molecule has 0 amide bonds. The summed E-state index contributed by atoms with van der Waals surface area (Å²) in [4.78, 5) is 0. The molecule has 1 nitrogen and oxygen atoms in total. The van der Waals surface area contributed by atoms with E-state index in [1.165, 1.54) is 28.2 Å². The molecule has 2 unspecified atom stereocenters. The minimum Gasteiger partial charge on any atom is -0.309 e. The van der Waals surface area contributed by atoms with Crippen molar-refractivity contribution in [2.45, 2.75) is 26.8 Å². The van der Waals surface area contributed by atoms with E-state index in [-0.39, 0.29) is 0 Å². The predicted molar refractivity (Wildman–Crippen MR) is 73.1 cm³/mol. The van der Waals surface area contributed by atoms with E-state index in [0.29, 0.717) is 6.04 Å². The fourth-order valence-electron chi connectivity index (χ4n) is 2.18. The van der Waals surface area contributed by atoms with Crippen LogP contribution in [-0.4, -0.2) is 18.1 Å². The number of aryl methyl sites for hydroxylation is 2. The van der Waals surface area contributed by atoms with Crippen LogP contribution in [-0.2, 0) is 0 Å². The zero-order valence-corrected chi connectivity index (χ0v) is 11.2. The molecule has 1 aromatic rings. The van der Waals surface area contributed by atoms with Crippen molar-refractivity contribution in [2.24, 2.45) is 5.92 Å². The van der Waals surface area contributed by atoms with Gasteiger partial charge in [0.1, 0.15) is 0 Å². The molecule has 1 heterocycles. The Balaban J connectivity index is 2.19. The van der Waals surface area contributed by atoms with Crippen molar-refractivity contribution in [1.29, 1.82) is 0 Å². The third-order valence-corrected chi connectivity index (χ3v) is 4.58. The van der Waals surface area contributed by atoms with Crippen LogP contribution < -0.4 is 5.32 Å². The minimum absolute atomic E-state index is 0.537. The summed E-state index contributed by atoms with van der Waals surface area (Å²) in [6, 6.07) is 7.31. The van der Waals surface area contributed by atoms with Gasteiger partial charge < -0.3 is 5.32 Å². The standard InChI is InChI=1S/C14H21NS/c1-10-4-5-12(3)13(6-10)14-9-16-8-11(2)7-15-14/h4-6,11,14-15H,7-9H2,1-3H3. The topological polar surface area (TPSA) is 12.0 Å². The lowest BCUT2D eigenvalue weighted by Crippen LogP contribution is -2.26. The Morgan fingerprint density at radius 2 is 2.06 bits per heavy atom. The van der Waals surface area contributed by atoms with Gasteiger partial charge >= 0.3 is 0 Å². The van der Waals surface area contributed by atoms with Gasteiger partial charge in [0.15, 0.2) is 0 Å². The monoisotopic (exact) mass is 235 g/mol. The second-order valence-electron chi connectivity index (χ2n) is 4.96. The summed E-state index contributed by atoms with van der Waals surface area (Å²) < 4.78 is 0. The van der Waals surface area contributed by atoms with Crippen LogP contribution >= 0.6 is 11.8 Å². The average molecular weight is 235 g/mol. The van der Waals surface area contributed by atoms with E-state index < -0.39 is 0 Å². The van der Waals surface area contributed by atoms with Gasteiger partial charge in [-0.15, -0.1) is 0 Å². The van der Waals surface area contributed by atoms with Gasteiger partial charge in [0.25, 0.3) is 0 Å². The molecule has 2 rings (SSSR count). The van der Waals surface area contributed by atoms with Gasteiger partial charge in [0, 0.05) is 11.8 Å². The minimum atomic E-state index is 0.537.